The Hall–Kier alpha value is -1.26. The Kier molecular flexibility index (Phi) is 2.49. The normalized spacial score (nSPS) is 19.4. The van der Waals surface area contributed by atoms with Crippen LogP contribution in [0.3, 0.4) is 0 Å². The van der Waals surface area contributed by atoms with Gasteiger partial charge < -0.3 is 14.1 Å². The molecule has 90 valence electrons. The lowest BCUT2D eigenvalue weighted by molar-refractivity contribution is 0.144. The molecule has 1 unspecified atom stereocenters. The highest BCUT2D eigenvalue weighted by molar-refractivity contribution is 6.30. The van der Waals surface area contributed by atoms with Crippen molar-refractivity contribution in [2.75, 3.05) is 0 Å². The van der Waals surface area contributed by atoms with E-state index in [9.17, 15) is 5.11 Å². The molecule has 2 aromatic heterocycles. The molecule has 1 N–H and O–H groups in total. The zero-order valence-electron chi connectivity index (χ0n) is 9.48. The largest absolute Gasteiger partial charge is 0.458 e. The van der Waals surface area contributed by atoms with E-state index in [1.165, 1.54) is 0 Å². The summed E-state index contributed by atoms with van der Waals surface area (Å²) in [5.41, 5.74) is 0.898. The molecule has 0 aliphatic carbocycles. The first kappa shape index (κ1) is 10.9. The maximum atomic E-state index is 9.64. The van der Waals surface area contributed by atoms with Gasteiger partial charge in [-0.1, -0.05) is 11.6 Å². The molecule has 1 aliphatic heterocycles. The summed E-state index contributed by atoms with van der Waals surface area (Å²) in [5.74, 6) is 2.33. The fraction of sp³-hybridized carbons (Fsp3) is 0.417. The van der Waals surface area contributed by atoms with Crippen molar-refractivity contribution >= 4 is 11.6 Å². The molecule has 17 heavy (non-hydrogen) atoms. The molecule has 3 rings (SSSR count). The van der Waals surface area contributed by atoms with Crippen LogP contribution in [0.15, 0.2) is 16.5 Å². The Morgan fingerprint density at radius 3 is 3.06 bits per heavy atom. The number of halogens is 1. The smallest absolute Gasteiger partial charge is 0.177 e. The van der Waals surface area contributed by atoms with Gasteiger partial charge in [-0.15, -0.1) is 0 Å². The van der Waals surface area contributed by atoms with Gasteiger partial charge >= 0.3 is 0 Å². The zero-order valence-corrected chi connectivity index (χ0v) is 10.2. The van der Waals surface area contributed by atoms with E-state index in [-0.39, 0.29) is 6.10 Å². The summed E-state index contributed by atoms with van der Waals surface area (Å²) < 4.78 is 7.61. The van der Waals surface area contributed by atoms with Crippen molar-refractivity contribution < 1.29 is 9.52 Å². The molecule has 2 aromatic rings. The summed E-state index contributed by atoms with van der Waals surface area (Å²) in [4.78, 5) is 4.33. The van der Waals surface area contributed by atoms with Gasteiger partial charge in [-0.2, -0.15) is 0 Å². The van der Waals surface area contributed by atoms with Gasteiger partial charge in [-0.25, -0.2) is 4.98 Å². The topological polar surface area (TPSA) is 51.2 Å². The van der Waals surface area contributed by atoms with E-state index in [1.807, 2.05) is 23.6 Å². The van der Waals surface area contributed by atoms with Gasteiger partial charge in [0, 0.05) is 13.0 Å². The molecule has 0 amide bonds. The second-order valence-electron chi connectivity index (χ2n) is 4.38. The third-order valence-electron chi connectivity index (χ3n) is 3.10. The minimum atomic E-state index is -0.317. The molecular weight excluding hydrogens is 240 g/mol. The molecule has 0 radical (unpaired) electrons. The Balaban J connectivity index is 2.10. The van der Waals surface area contributed by atoms with Crippen LogP contribution in [0.4, 0.5) is 0 Å². The molecule has 0 saturated heterocycles. The molecular formula is C12H13ClN2O2. The number of furan rings is 1. The van der Waals surface area contributed by atoms with Crippen LogP contribution in [-0.4, -0.2) is 20.8 Å². The van der Waals surface area contributed by atoms with Gasteiger partial charge in [0.05, 0.1) is 11.8 Å². The average molecular weight is 253 g/mol. The van der Waals surface area contributed by atoms with Crippen molar-refractivity contribution in [1.82, 2.24) is 9.55 Å². The Morgan fingerprint density at radius 2 is 2.35 bits per heavy atom. The molecule has 5 heteroatoms. The first-order valence-electron chi connectivity index (χ1n) is 5.65. The maximum absolute atomic E-state index is 9.64. The Labute approximate surface area is 104 Å². The van der Waals surface area contributed by atoms with Crippen LogP contribution in [0, 0.1) is 6.92 Å². The first-order valence-corrected chi connectivity index (χ1v) is 6.02. The lowest BCUT2D eigenvalue weighted by atomic mass is 10.1. The summed E-state index contributed by atoms with van der Waals surface area (Å²) in [5, 5.41) is 10.1. The molecule has 3 heterocycles. The van der Waals surface area contributed by atoms with Crippen LogP contribution in [0.25, 0.3) is 11.6 Å². The van der Waals surface area contributed by atoms with Crippen molar-refractivity contribution in [2.45, 2.75) is 32.4 Å². The van der Waals surface area contributed by atoms with Crippen LogP contribution in [0.1, 0.15) is 17.9 Å². The third kappa shape index (κ3) is 1.77. The van der Waals surface area contributed by atoms with Crippen LogP contribution < -0.4 is 0 Å². The van der Waals surface area contributed by atoms with Gasteiger partial charge in [0.25, 0.3) is 0 Å². The standard InChI is InChI=1S/C12H13ClN2O2/c1-7-2-3-10(17-7)12-14-11(13)9-6-8(16)4-5-15(9)12/h2-3,8,16H,4-6H2,1H3. The van der Waals surface area contributed by atoms with Crippen LogP contribution in [0.5, 0.6) is 0 Å². The van der Waals surface area contributed by atoms with Crippen molar-refractivity contribution in [3.05, 3.63) is 28.7 Å². The Bertz CT molecular complexity index is 559. The number of imidazole rings is 1. The van der Waals surface area contributed by atoms with Gasteiger partial charge in [0.15, 0.2) is 16.7 Å². The quantitative estimate of drug-likeness (QED) is 0.848. The molecule has 0 fully saturated rings. The molecule has 0 saturated carbocycles. The number of aryl methyl sites for hydroxylation is 1. The van der Waals surface area contributed by atoms with E-state index in [1.54, 1.807) is 0 Å². The second-order valence-corrected chi connectivity index (χ2v) is 4.74. The molecule has 1 atom stereocenters. The van der Waals surface area contributed by atoms with Crippen molar-refractivity contribution in [2.24, 2.45) is 0 Å². The molecule has 1 aliphatic rings. The predicted molar refractivity (Wildman–Crippen MR) is 64.0 cm³/mol. The minimum Gasteiger partial charge on any atom is -0.458 e. The highest BCUT2D eigenvalue weighted by atomic mass is 35.5. The highest BCUT2D eigenvalue weighted by Crippen LogP contribution is 2.30. The van der Waals surface area contributed by atoms with Crippen LogP contribution >= 0.6 is 11.6 Å². The predicted octanol–water partition coefficient (Wildman–Crippen LogP) is 2.41. The fourth-order valence-electron chi connectivity index (χ4n) is 2.24. The molecule has 0 spiro atoms. The summed E-state index contributed by atoms with van der Waals surface area (Å²) in [6.45, 7) is 2.63. The zero-order chi connectivity index (χ0) is 12.0. The number of hydrogen-bond acceptors (Lipinski definition) is 3. The van der Waals surface area contributed by atoms with Gasteiger partial charge in [-0.05, 0) is 25.5 Å². The van der Waals surface area contributed by atoms with Gasteiger partial charge in [-0.3, -0.25) is 0 Å². The summed E-state index contributed by atoms with van der Waals surface area (Å²) in [6, 6.07) is 3.80. The van der Waals surface area contributed by atoms with Crippen molar-refractivity contribution in [1.29, 1.82) is 0 Å². The third-order valence-corrected chi connectivity index (χ3v) is 3.40. The number of aliphatic hydroxyl groups excluding tert-OH is 1. The van der Waals surface area contributed by atoms with Gasteiger partial charge in [0.1, 0.15) is 5.76 Å². The Morgan fingerprint density at radius 1 is 1.53 bits per heavy atom. The number of nitrogens with zero attached hydrogens (tertiary/aromatic N) is 2. The van der Waals surface area contributed by atoms with Crippen LogP contribution in [-0.2, 0) is 13.0 Å². The summed E-state index contributed by atoms with van der Waals surface area (Å²) in [6.07, 6.45) is 0.973. The minimum absolute atomic E-state index is 0.317. The molecule has 0 bridgehead atoms. The van der Waals surface area contributed by atoms with Crippen molar-refractivity contribution in [3.63, 3.8) is 0 Å². The number of fused-ring (bicyclic) bond motifs is 1. The number of aliphatic hydroxyl groups is 1. The average Bonchev–Trinajstić information content (AvgIpc) is 2.84. The van der Waals surface area contributed by atoms with Crippen molar-refractivity contribution in [3.8, 4) is 11.6 Å². The van der Waals surface area contributed by atoms with E-state index in [4.69, 9.17) is 16.0 Å². The maximum Gasteiger partial charge on any atom is 0.177 e. The van der Waals surface area contributed by atoms with E-state index >= 15 is 0 Å². The highest BCUT2D eigenvalue weighted by Gasteiger charge is 2.25. The SMILES string of the molecule is Cc1ccc(-c2nc(Cl)c3n2CCC(O)C3)o1. The summed E-state index contributed by atoms with van der Waals surface area (Å²) in [7, 11) is 0. The monoisotopic (exact) mass is 252 g/mol. The lowest BCUT2D eigenvalue weighted by Crippen LogP contribution is -2.23. The lowest BCUT2D eigenvalue weighted by Gasteiger charge is -2.20. The molecule has 0 aromatic carbocycles. The van der Waals surface area contributed by atoms with Crippen LogP contribution in [0.2, 0.25) is 5.15 Å². The number of aromatic nitrogens is 2. The number of rotatable bonds is 1. The van der Waals surface area contributed by atoms with E-state index in [0.717, 1.165) is 36.0 Å². The van der Waals surface area contributed by atoms with E-state index < -0.39 is 0 Å². The van der Waals surface area contributed by atoms with Gasteiger partial charge in [0.2, 0.25) is 0 Å². The first-order chi connectivity index (χ1) is 8.15. The summed E-state index contributed by atoms with van der Waals surface area (Å²) >= 11 is 6.10. The number of hydrogen-bond donors (Lipinski definition) is 1. The van der Waals surface area contributed by atoms with E-state index in [2.05, 4.69) is 4.98 Å². The van der Waals surface area contributed by atoms with E-state index in [0.29, 0.717) is 11.6 Å². The fourth-order valence-corrected chi connectivity index (χ4v) is 2.50. The second kappa shape index (κ2) is 3.89. The molecule has 4 nitrogen and oxygen atoms in total.